The van der Waals surface area contributed by atoms with E-state index >= 15 is 0 Å². The first kappa shape index (κ1) is 14.9. The summed E-state index contributed by atoms with van der Waals surface area (Å²) in [7, 11) is -3.17. The Morgan fingerprint density at radius 1 is 1.42 bits per heavy atom. The Morgan fingerprint density at radius 2 is 2.05 bits per heavy atom. The number of halogens is 1. The van der Waals surface area contributed by atoms with Crippen molar-refractivity contribution >= 4 is 27.6 Å². The average Bonchev–Trinajstić information content (AvgIpc) is 2.27. The third-order valence-corrected chi connectivity index (χ3v) is 3.16. The van der Waals surface area contributed by atoms with E-state index in [2.05, 4.69) is 4.74 Å². The summed E-state index contributed by atoms with van der Waals surface area (Å²) in [6.07, 6.45) is 0. The van der Waals surface area contributed by atoms with Gasteiger partial charge < -0.3 is 9.84 Å². The molecular weight excluding hydrogens is 281 g/mol. The first-order chi connectivity index (χ1) is 8.75. The minimum absolute atomic E-state index is 0.435. The normalized spacial score (nSPS) is 10.8. The number of benzene rings is 1. The van der Waals surface area contributed by atoms with E-state index in [-0.39, 0.29) is 0 Å². The summed E-state index contributed by atoms with van der Waals surface area (Å²) in [5, 5.41) is 8.83. The number of rotatable bonds is 5. The number of ether oxygens (including phenoxy) is 1. The summed E-state index contributed by atoms with van der Waals surface area (Å²) in [6, 6.07) is 2.49. The number of carbonyl (C=O) groups excluding carboxylic acids is 1. The quantitative estimate of drug-likeness (QED) is 0.762. The Bertz CT molecular complexity index is 612. The lowest BCUT2D eigenvalue weighted by Crippen LogP contribution is -2.24. The molecule has 0 bridgehead atoms. The maximum Gasteiger partial charge on any atom is 0.337 e. The van der Waals surface area contributed by atoms with Crippen LogP contribution in [-0.2, 0) is 19.6 Å². The third-order valence-electron chi connectivity index (χ3n) is 2.01. The van der Waals surface area contributed by atoms with Crippen LogP contribution < -0.4 is 4.72 Å². The summed E-state index contributed by atoms with van der Waals surface area (Å²) in [5.74, 6) is -4.28. The van der Waals surface area contributed by atoms with Crippen LogP contribution in [0.1, 0.15) is 10.4 Å². The van der Waals surface area contributed by atoms with Gasteiger partial charge in [0.2, 0.25) is 10.0 Å². The Morgan fingerprint density at radius 3 is 2.58 bits per heavy atom. The highest BCUT2D eigenvalue weighted by Gasteiger charge is 2.20. The molecule has 0 fully saturated rings. The average molecular weight is 291 g/mol. The zero-order valence-corrected chi connectivity index (χ0v) is 10.5. The van der Waals surface area contributed by atoms with Crippen molar-refractivity contribution in [2.75, 3.05) is 17.6 Å². The van der Waals surface area contributed by atoms with Gasteiger partial charge in [0.25, 0.3) is 0 Å². The highest BCUT2D eigenvalue weighted by Crippen LogP contribution is 2.18. The monoisotopic (exact) mass is 291 g/mol. The number of carboxylic acid groups (broad SMARTS) is 1. The van der Waals surface area contributed by atoms with Crippen molar-refractivity contribution in [3.8, 4) is 0 Å². The Balaban J connectivity index is 3.08. The maximum absolute atomic E-state index is 13.0. The second-order valence-electron chi connectivity index (χ2n) is 3.43. The van der Waals surface area contributed by atoms with Gasteiger partial charge in [-0.2, -0.15) is 0 Å². The minimum atomic E-state index is -4.17. The summed E-state index contributed by atoms with van der Waals surface area (Å²) in [5.41, 5.74) is -0.897. The standard InChI is InChI=1S/C10H10FNO6S/c1-18-9(13)5-19(16,17)12-8-4-6(11)2-3-7(8)10(14)15/h2-4,12H,5H2,1H3,(H,14,15). The second kappa shape index (κ2) is 5.65. The molecule has 1 aromatic rings. The second-order valence-corrected chi connectivity index (χ2v) is 5.15. The molecule has 0 spiro atoms. The third kappa shape index (κ3) is 4.21. The van der Waals surface area contributed by atoms with E-state index < -0.39 is 44.8 Å². The fourth-order valence-corrected chi connectivity index (χ4v) is 2.21. The Labute approximate surface area is 108 Å². The molecule has 0 aliphatic heterocycles. The topological polar surface area (TPSA) is 110 Å². The molecule has 0 heterocycles. The zero-order chi connectivity index (χ0) is 14.6. The number of esters is 1. The summed E-state index contributed by atoms with van der Waals surface area (Å²) in [4.78, 5) is 21.7. The molecule has 0 atom stereocenters. The van der Waals surface area contributed by atoms with Crippen LogP contribution in [-0.4, -0.2) is 38.3 Å². The van der Waals surface area contributed by atoms with Gasteiger partial charge in [-0.1, -0.05) is 0 Å². The number of methoxy groups -OCH3 is 1. The molecule has 0 aliphatic carbocycles. The van der Waals surface area contributed by atoms with Gasteiger partial charge in [-0.05, 0) is 18.2 Å². The largest absolute Gasteiger partial charge is 0.478 e. The molecule has 0 saturated carbocycles. The van der Waals surface area contributed by atoms with Crippen LogP contribution in [0.5, 0.6) is 0 Å². The number of aromatic carboxylic acids is 1. The van der Waals surface area contributed by atoms with Crippen LogP contribution in [0.4, 0.5) is 10.1 Å². The van der Waals surface area contributed by atoms with Crippen molar-refractivity contribution in [1.29, 1.82) is 0 Å². The number of carboxylic acids is 1. The predicted octanol–water partition coefficient (Wildman–Crippen LogP) is 0.439. The van der Waals surface area contributed by atoms with Crippen LogP contribution in [0.15, 0.2) is 18.2 Å². The number of anilines is 1. The molecule has 0 radical (unpaired) electrons. The molecule has 19 heavy (non-hydrogen) atoms. The number of hydrogen-bond donors (Lipinski definition) is 2. The van der Waals surface area contributed by atoms with Crippen LogP contribution >= 0.6 is 0 Å². The Hall–Kier alpha value is -2.16. The number of carbonyl (C=O) groups is 2. The van der Waals surface area contributed by atoms with E-state index in [9.17, 15) is 22.4 Å². The lowest BCUT2D eigenvalue weighted by atomic mass is 10.2. The molecule has 104 valence electrons. The zero-order valence-electron chi connectivity index (χ0n) is 9.71. The van der Waals surface area contributed by atoms with Gasteiger partial charge in [0.15, 0.2) is 5.75 Å². The van der Waals surface area contributed by atoms with Crippen molar-refractivity contribution in [3.63, 3.8) is 0 Å². The van der Waals surface area contributed by atoms with Gasteiger partial charge in [0, 0.05) is 0 Å². The molecule has 7 nitrogen and oxygen atoms in total. The van der Waals surface area contributed by atoms with Crippen LogP contribution in [0.3, 0.4) is 0 Å². The lowest BCUT2D eigenvalue weighted by molar-refractivity contribution is -0.137. The molecule has 1 aromatic carbocycles. The van der Waals surface area contributed by atoms with Crippen LogP contribution in [0, 0.1) is 5.82 Å². The summed E-state index contributed by atoms with van der Waals surface area (Å²) in [6.45, 7) is 0. The first-order valence-electron chi connectivity index (χ1n) is 4.85. The molecule has 0 saturated heterocycles. The molecule has 0 aliphatic rings. The molecule has 2 N–H and O–H groups in total. The van der Waals surface area contributed by atoms with Gasteiger partial charge in [-0.3, -0.25) is 9.52 Å². The van der Waals surface area contributed by atoms with Gasteiger partial charge >= 0.3 is 11.9 Å². The maximum atomic E-state index is 13.0. The smallest absolute Gasteiger partial charge is 0.337 e. The Kier molecular flexibility index (Phi) is 4.43. The van der Waals surface area contributed by atoms with Crippen molar-refractivity contribution < 1.29 is 32.2 Å². The van der Waals surface area contributed by atoms with E-state index in [0.717, 1.165) is 19.2 Å². The summed E-state index contributed by atoms with van der Waals surface area (Å²) >= 11 is 0. The van der Waals surface area contributed by atoms with E-state index in [1.807, 2.05) is 4.72 Å². The van der Waals surface area contributed by atoms with Crippen molar-refractivity contribution in [2.24, 2.45) is 0 Å². The van der Waals surface area contributed by atoms with E-state index in [1.165, 1.54) is 0 Å². The van der Waals surface area contributed by atoms with Gasteiger partial charge in [-0.25, -0.2) is 17.6 Å². The molecular formula is C10H10FNO6S. The van der Waals surface area contributed by atoms with Gasteiger partial charge in [0.05, 0.1) is 18.4 Å². The van der Waals surface area contributed by atoms with Crippen molar-refractivity contribution in [3.05, 3.63) is 29.6 Å². The number of sulfonamides is 1. The highest BCUT2D eigenvalue weighted by atomic mass is 32.2. The lowest BCUT2D eigenvalue weighted by Gasteiger charge is -2.09. The van der Waals surface area contributed by atoms with Crippen molar-refractivity contribution in [2.45, 2.75) is 0 Å². The number of hydrogen-bond acceptors (Lipinski definition) is 5. The fourth-order valence-electron chi connectivity index (χ4n) is 1.21. The van der Waals surface area contributed by atoms with Gasteiger partial charge in [-0.15, -0.1) is 0 Å². The fraction of sp³-hybridized carbons (Fsp3) is 0.200. The molecule has 9 heteroatoms. The van der Waals surface area contributed by atoms with E-state index in [4.69, 9.17) is 5.11 Å². The van der Waals surface area contributed by atoms with E-state index in [1.54, 1.807) is 0 Å². The molecule has 0 aromatic heterocycles. The SMILES string of the molecule is COC(=O)CS(=O)(=O)Nc1cc(F)ccc1C(=O)O. The van der Waals surface area contributed by atoms with Crippen molar-refractivity contribution in [1.82, 2.24) is 0 Å². The molecule has 0 amide bonds. The molecule has 1 rings (SSSR count). The van der Waals surface area contributed by atoms with Crippen LogP contribution in [0.2, 0.25) is 0 Å². The first-order valence-corrected chi connectivity index (χ1v) is 6.50. The van der Waals surface area contributed by atoms with Crippen LogP contribution in [0.25, 0.3) is 0 Å². The molecule has 0 unspecified atom stereocenters. The number of nitrogens with one attached hydrogen (secondary N) is 1. The summed E-state index contributed by atoms with van der Waals surface area (Å²) < 4.78 is 42.1. The minimum Gasteiger partial charge on any atom is -0.478 e. The van der Waals surface area contributed by atoms with Gasteiger partial charge in [0.1, 0.15) is 5.82 Å². The highest BCUT2D eigenvalue weighted by molar-refractivity contribution is 7.93. The predicted molar refractivity (Wildman–Crippen MR) is 62.8 cm³/mol. The van der Waals surface area contributed by atoms with E-state index in [0.29, 0.717) is 6.07 Å².